The zero-order chi connectivity index (χ0) is 15.0. The third kappa shape index (κ3) is 2.76. The second kappa shape index (κ2) is 4.90. The second-order valence-corrected chi connectivity index (χ2v) is 4.60. The fourth-order valence-electron chi connectivity index (χ4n) is 1.94. The van der Waals surface area contributed by atoms with E-state index in [2.05, 4.69) is 15.0 Å². The molecule has 3 heterocycles. The quantitative estimate of drug-likeness (QED) is 0.865. The fraction of sp³-hybridized carbons (Fsp3) is 0.417. The number of aromatic nitrogens is 4. The van der Waals surface area contributed by atoms with Gasteiger partial charge in [-0.05, 0) is 6.92 Å². The lowest BCUT2D eigenvalue weighted by atomic mass is 10.3. The van der Waals surface area contributed by atoms with Crippen LogP contribution in [0, 0.1) is 6.92 Å². The standard InChI is InChI=1S/C12H11F3N4O2/c1-7-2-18-11-19(7)5-9(21-11)6-20-10-16-3-8(4-17-10)12(13,14)15/h2-4,9H,5-6H2,1H3. The van der Waals surface area contributed by atoms with Crippen molar-refractivity contribution in [3.05, 3.63) is 29.8 Å². The molecule has 9 heteroatoms. The van der Waals surface area contributed by atoms with Crippen LogP contribution in [0.15, 0.2) is 18.6 Å². The van der Waals surface area contributed by atoms with Gasteiger partial charge in [0.1, 0.15) is 6.61 Å². The van der Waals surface area contributed by atoms with Crippen molar-refractivity contribution in [2.45, 2.75) is 25.7 Å². The minimum atomic E-state index is -4.46. The maximum absolute atomic E-state index is 12.4. The molecule has 0 aromatic carbocycles. The Balaban J connectivity index is 1.57. The maximum Gasteiger partial charge on any atom is 0.419 e. The highest BCUT2D eigenvalue weighted by molar-refractivity contribution is 5.13. The molecule has 0 bridgehead atoms. The van der Waals surface area contributed by atoms with Crippen LogP contribution in [0.4, 0.5) is 13.2 Å². The molecule has 0 saturated heterocycles. The van der Waals surface area contributed by atoms with Crippen LogP contribution in [0.1, 0.15) is 11.3 Å². The fourth-order valence-corrected chi connectivity index (χ4v) is 1.94. The number of nitrogens with zero attached hydrogens (tertiary/aromatic N) is 4. The molecule has 112 valence electrons. The first kappa shape index (κ1) is 13.7. The van der Waals surface area contributed by atoms with E-state index >= 15 is 0 Å². The summed E-state index contributed by atoms with van der Waals surface area (Å²) in [6.07, 6.45) is -1.65. The van der Waals surface area contributed by atoms with Gasteiger partial charge in [0.15, 0.2) is 6.10 Å². The van der Waals surface area contributed by atoms with Gasteiger partial charge in [0.2, 0.25) is 0 Å². The monoisotopic (exact) mass is 300 g/mol. The zero-order valence-corrected chi connectivity index (χ0v) is 11.0. The van der Waals surface area contributed by atoms with Crippen LogP contribution in [0.25, 0.3) is 0 Å². The van der Waals surface area contributed by atoms with E-state index in [1.807, 2.05) is 11.5 Å². The first-order chi connectivity index (χ1) is 9.93. The van der Waals surface area contributed by atoms with Crippen LogP contribution in [0.5, 0.6) is 12.0 Å². The molecule has 0 fully saturated rings. The van der Waals surface area contributed by atoms with E-state index in [1.54, 1.807) is 6.20 Å². The number of hydrogen-bond donors (Lipinski definition) is 0. The van der Waals surface area contributed by atoms with Crippen LogP contribution in [0.3, 0.4) is 0 Å². The molecule has 0 N–H and O–H groups in total. The van der Waals surface area contributed by atoms with Crippen molar-refractivity contribution in [1.82, 2.24) is 19.5 Å². The zero-order valence-electron chi connectivity index (χ0n) is 11.0. The maximum atomic E-state index is 12.4. The van der Waals surface area contributed by atoms with Gasteiger partial charge in [-0.2, -0.15) is 13.2 Å². The summed E-state index contributed by atoms with van der Waals surface area (Å²) < 4.78 is 49.7. The van der Waals surface area contributed by atoms with Gasteiger partial charge in [-0.25, -0.2) is 15.0 Å². The summed E-state index contributed by atoms with van der Waals surface area (Å²) in [7, 11) is 0. The van der Waals surface area contributed by atoms with Crippen LogP contribution in [0.2, 0.25) is 0 Å². The van der Waals surface area contributed by atoms with Crippen LogP contribution >= 0.6 is 0 Å². The minimum absolute atomic E-state index is 0.118. The van der Waals surface area contributed by atoms with Gasteiger partial charge in [0.05, 0.1) is 18.3 Å². The van der Waals surface area contributed by atoms with Gasteiger partial charge in [-0.3, -0.25) is 4.57 Å². The largest absolute Gasteiger partial charge is 0.459 e. The highest BCUT2D eigenvalue weighted by atomic mass is 19.4. The van der Waals surface area contributed by atoms with Gasteiger partial charge in [-0.15, -0.1) is 0 Å². The highest BCUT2D eigenvalue weighted by Gasteiger charge is 2.31. The van der Waals surface area contributed by atoms with E-state index in [-0.39, 0.29) is 18.7 Å². The van der Waals surface area contributed by atoms with Crippen LogP contribution in [-0.2, 0) is 12.7 Å². The number of alkyl halides is 3. The van der Waals surface area contributed by atoms with Gasteiger partial charge in [-0.1, -0.05) is 0 Å². The molecule has 1 aliphatic heterocycles. The third-order valence-corrected chi connectivity index (χ3v) is 3.03. The lowest BCUT2D eigenvalue weighted by molar-refractivity contribution is -0.138. The topological polar surface area (TPSA) is 62.1 Å². The number of aryl methyl sites for hydroxylation is 1. The molecule has 1 unspecified atom stereocenters. The summed E-state index contributed by atoms with van der Waals surface area (Å²) in [4.78, 5) is 11.1. The molecule has 0 aliphatic carbocycles. The van der Waals surface area contributed by atoms with Crippen molar-refractivity contribution in [3.63, 3.8) is 0 Å². The Morgan fingerprint density at radius 3 is 2.62 bits per heavy atom. The van der Waals surface area contributed by atoms with Crippen molar-refractivity contribution in [2.24, 2.45) is 0 Å². The second-order valence-electron chi connectivity index (χ2n) is 4.60. The molecule has 3 rings (SSSR count). The van der Waals surface area contributed by atoms with E-state index in [1.165, 1.54) is 0 Å². The molecule has 2 aromatic heterocycles. The van der Waals surface area contributed by atoms with Crippen molar-refractivity contribution in [1.29, 1.82) is 0 Å². The molecule has 6 nitrogen and oxygen atoms in total. The Morgan fingerprint density at radius 1 is 1.29 bits per heavy atom. The van der Waals surface area contributed by atoms with Crippen LogP contribution < -0.4 is 9.47 Å². The van der Waals surface area contributed by atoms with Crippen molar-refractivity contribution >= 4 is 0 Å². The molecule has 0 spiro atoms. The third-order valence-electron chi connectivity index (χ3n) is 3.03. The smallest absolute Gasteiger partial charge is 0.419 e. The molecule has 0 amide bonds. The van der Waals surface area contributed by atoms with E-state index in [0.29, 0.717) is 24.9 Å². The SMILES string of the molecule is Cc1cnc2n1CC(COc1ncc(C(F)(F)F)cn1)O2. The Kier molecular flexibility index (Phi) is 3.19. The Hall–Kier alpha value is -2.32. The first-order valence-corrected chi connectivity index (χ1v) is 6.14. The number of halogens is 3. The summed E-state index contributed by atoms with van der Waals surface area (Å²) >= 11 is 0. The number of imidazole rings is 1. The normalized spacial score (nSPS) is 17.4. The molecule has 1 atom stereocenters. The number of rotatable bonds is 3. The average Bonchev–Trinajstić information content (AvgIpc) is 2.98. The van der Waals surface area contributed by atoms with Crippen molar-refractivity contribution in [3.8, 4) is 12.0 Å². The average molecular weight is 300 g/mol. The van der Waals surface area contributed by atoms with E-state index in [9.17, 15) is 13.2 Å². The summed E-state index contributed by atoms with van der Waals surface area (Å²) in [5, 5.41) is 0. The number of fused-ring (bicyclic) bond motifs is 1. The summed E-state index contributed by atoms with van der Waals surface area (Å²) in [6.45, 7) is 2.61. The van der Waals surface area contributed by atoms with Gasteiger partial charge in [0.25, 0.3) is 6.01 Å². The first-order valence-electron chi connectivity index (χ1n) is 6.14. The van der Waals surface area contributed by atoms with Gasteiger partial charge in [0, 0.05) is 18.1 Å². The summed E-state index contributed by atoms with van der Waals surface area (Å²) in [5.74, 6) is 0. The van der Waals surface area contributed by atoms with Gasteiger partial charge < -0.3 is 9.47 Å². The minimum Gasteiger partial charge on any atom is -0.459 e. The molecule has 0 saturated carbocycles. The molecule has 21 heavy (non-hydrogen) atoms. The number of ether oxygens (including phenoxy) is 2. The van der Waals surface area contributed by atoms with Crippen molar-refractivity contribution in [2.75, 3.05) is 6.61 Å². The Labute approximate surface area is 117 Å². The molecule has 1 aliphatic rings. The molecular formula is C12H11F3N4O2. The van der Waals surface area contributed by atoms with Crippen molar-refractivity contribution < 1.29 is 22.6 Å². The lowest BCUT2D eigenvalue weighted by Gasteiger charge is -2.10. The predicted molar refractivity (Wildman–Crippen MR) is 63.9 cm³/mol. The van der Waals surface area contributed by atoms with Gasteiger partial charge >= 0.3 is 12.2 Å². The number of hydrogen-bond acceptors (Lipinski definition) is 5. The van der Waals surface area contributed by atoms with E-state index in [4.69, 9.17) is 9.47 Å². The van der Waals surface area contributed by atoms with Crippen LogP contribution in [-0.4, -0.2) is 32.2 Å². The van der Waals surface area contributed by atoms with E-state index in [0.717, 1.165) is 5.69 Å². The Morgan fingerprint density at radius 2 is 2.00 bits per heavy atom. The molecule has 2 aromatic rings. The summed E-state index contributed by atoms with van der Waals surface area (Å²) in [6, 6.07) is 0.391. The predicted octanol–water partition coefficient (Wildman–Crippen LogP) is 1.84. The molecule has 0 radical (unpaired) electrons. The highest BCUT2D eigenvalue weighted by Crippen LogP contribution is 2.28. The van der Waals surface area contributed by atoms with E-state index < -0.39 is 11.7 Å². The summed E-state index contributed by atoms with van der Waals surface area (Å²) in [5.41, 5.74) is 0.0565. The lowest BCUT2D eigenvalue weighted by Crippen LogP contribution is -2.24. The molecular weight excluding hydrogens is 289 g/mol. The Bertz CT molecular complexity index is 639.